The molecule has 0 aromatic heterocycles. The van der Waals surface area contributed by atoms with E-state index in [1.54, 1.807) is 12.1 Å². The van der Waals surface area contributed by atoms with Crippen molar-refractivity contribution in [2.75, 3.05) is 6.61 Å². The lowest BCUT2D eigenvalue weighted by Crippen LogP contribution is -2.13. The molecule has 0 aliphatic heterocycles. The number of aliphatic hydroxyl groups excluding tert-OH is 1. The van der Waals surface area contributed by atoms with Crippen molar-refractivity contribution in [3.8, 4) is 5.75 Å². The first kappa shape index (κ1) is 11.0. The van der Waals surface area contributed by atoms with Gasteiger partial charge in [0.05, 0.1) is 0 Å². The largest absolute Gasteiger partial charge is 0.508 e. The van der Waals surface area contributed by atoms with Gasteiger partial charge in [-0.05, 0) is 36.1 Å². The van der Waals surface area contributed by atoms with Gasteiger partial charge < -0.3 is 15.9 Å². The smallest absolute Gasteiger partial charge is 0.115 e. The third-order valence-corrected chi connectivity index (χ3v) is 2.35. The van der Waals surface area contributed by atoms with E-state index in [1.807, 2.05) is 13.0 Å². The van der Waals surface area contributed by atoms with E-state index in [0.717, 1.165) is 17.5 Å². The molecule has 3 nitrogen and oxygen atoms in total. The zero-order valence-corrected chi connectivity index (χ0v) is 8.40. The zero-order valence-electron chi connectivity index (χ0n) is 8.40. The van der Waals surface area contributed by atoms with Crippen molar-refractivity contribution in [2.45, 2.75) is 25.8 Å². The number of aliphatic hydroxyl groups is 1. The molecule has 0 saturated carbocycles. The van der Waals surface area contributed by atoms with Gasteiger partial charge in [-0.2, -0.15) is 0 Å². The highest BCUT2D eigenvalue weighted by Gasteiger charge is 2.10. The van der Waals surface area contributed by atoms with E-state index < -0.39 is 0 Å². The van der Waals surface area contributed by atoms with Gasteiger partial charge in [-0.15, -0.1) is 0 Å². The molecule has 3 heteroatoms. The van der Waals surface area contributed by atoms with Gasteiger partial charge in [-0.1, -0.05) is 13.0 Å². The molecule has 0 aliphatic carbocycles. The lowest BCUT2D eigenvalue weighted by atomic mass is 9.97. The second kappa shape index (κ2) is 4.98. The van der Waals surface area contributed by atoms with E-state index >= 15 is 0 Å². The van der Waals surface area contributed by atoms with Gasteiger partial charge >= 0.3 is 0 Å². The molecule has 0 unspecified atom stereocenters. The minimum absolute atomic E-state index is 0.0694. The van der Waals surface area contributed by atoms with Crippen molar-refractivity contribution >= 4 is 0 Å². The number of nitrogens with two attached hydrogens (primary N) is 1. The first-order valence-corrected chi connectivity index (χ1v) is 4.87. The number of benzene rings is 1. The number of hydrogen-bond acceptors (Lipinski definition) is 3. The summed E-state index contributed by atoms with van der Waals surface area (Å²) in [7, 11) is 0. The van der Waals surface area contributed by atoms with Crippen molar-refractivity contribution in [3.05, 3.63) is 29.3 Å². The maximum Gasteiger partial charge on any atom is 0.115 e. The predicted molar refractivity (Wildman–Crippen MR) is 56.1 cm³/mol. The summed E-state index contributed by atoms with van der Waals surface area (Å²) in [5.74, 6) is 0.227. The van der Waals surface area contributed by atoms with Crippen LogP contribution in [0.5, 0.6) is 5.75 Å². The lowest BCUT2D eigenvalue weighted by Gasteiger charge is -2.15. The van der Waals surface area contributed by atoms with E-state index in [0.29, 0.717) is 6.42 Å². The van der Waals surface area contributed by atoms with Crippen molar-refractivity contribution < 1.29 is 10.2 Å². The van der Waals surface area contributed by atoms with Gasteiger partial charge in [0.1, 0.15) is 5.75 Å². The molecule has 78 valence electrons. The molecular formula is C11H17NO2. The summed E-state index contributed by atoms with van der Waals surface area (Å²) in [5, 5.41) is 18.1. The van der Waals surface area contributed by atoms with Gasteiger partial charge in [0.25, 0.3) is 0 Å². The Morgan fingerprint density at radius 1 is 1.43 bits per heavy atom. The highest BCUT2D eigenvalue weighted by atomic mass is 16.3. The first-order valence-electron chi connectivity index (χ1n) is 4.87. The number of aryl methyl sites for hydroxylation is 1. The molecular weight excluding hydrogens is 178 g/mol. The predicted octanol–water partition coefficient (Wildman–Crippen LogP) is 1.34. The Hall–Kier alpha value is -1.06. The zero-order chi connectivity index (χ0) is 10.6. The molecule has 0 radical (unpaired) electrons. The maximum absolute atomic E-state index is 9.33. The Bertz CT molecular complexity index is 299. The fourth-order valence-electron chi connectivity index (χ4n) is 1.54. The number of hydrogen-bond donors (Lipinski definition) is 3. The van der Waals surface area contributed by atoms with Crippen LogP contribution in [-0.2, 0) is 6.42 Å². The molecule has 4 N–H and O–H groups in total. The molecule has 0 amide bonds. The van der Waals surface area contributed by atoms with Gasteiger partial charge in [0, 0.05) is 12.6 Å². The molecule has 0 aliphatic rings. The van der Waals surface area contributed by atoms with Crippen molar-refractivity contribution in [2.24, 2.45) is 5.73 Å². The van der Waals surface area contributed by atoms with E-state index in [1.165, 1.54) is 0 Å². The average Bonchev–Trinajstić information content (AvgIpc) is 2.18. The molecule has 1 aromatic carbocycles. The molecule has 1 atom stereocenters. The first-order chi connectivity index (χ1) is 6.69. The van der Waals surface area contributed by atoms with Crippen LogP contribution < -0.4 is 5.73 Å². The topological polar surface area (TPSA) is 66.5 Å². The van der Waals surface area contributed by atoms with Gasteiger partial charge in [-0.3, -0.25) is 0 Å². The number of rotatable bonds is 4. The second-order valence-electron chi connectivity index (χ2n) is 3.36. The summed E-state index contributed by atoms with van der Waals surface area (Å²) < 4.78 is 0. The van der Waals surface area contributed by atoms with E-state index in [2.05, 4.69) is 0 Å². The Labute approximate surface area is 84.2 Å². The maximum atomic E-state index is 9.33. The standard InChI is InChI=1S/C11H17NO2/c1-2-8-3-4-9(14)7-10(8)11(12)5-6-13/h3-4,7,11,13-14H,2,5-6,12H2,1H3/t11-/m1/s1. The van der Waals surface area contributed by atoms with Crippen molar-refractivity contribution in [1.29, 1.82) is 0 Å². The molecule has 1 aromatic rings. The van der Waals surface area contributed by atoms with Crippen LogP contribution in [-0.4, -0.2) is 16.8 Å². The van der Waals surface area contributed by atoms with Crippen LogP contribution in [0.3, 0.4) is 0 Å². The highest BCUT2D eigenvalue weighted by molar-refractivity contribution is 5.36. The summed E-state index contributed by atoms with van der Waals surface area (Å²) in [6, 6.07) is 5.02. The SMILES string of the molecule is CCc1ccc(O)cc1[C@H](N)CCO. The van der Waals surface area contributed by atoms with E-state index in [9.17, 15) is 5.11 Å². The monoisotopic (exact) mass is 195 g/mol. The summed E-state index contributed by atoms with van der Waals surface area (Å²) in [4.78, 5) is 0. The molecule has 0 fully saturated rings. The third kappa shape index (κ3) is 2.47. The summed E-state index contributed by atoms with van der Waals surface area (Å²) in [6.07, 6.45) is 1.41. The quantitative estimate of drug-likeness (QED) is 0.679. The van der Waals surface area contributed by atoms with Gasteiger partial charge in [0.2, 0.25) is 0 Å². The fourth-order valence-corrected chi connectivity index (χ4v) is 1.54. The molecule has 0 heterocycles. The van der Waals surface area contributed by atoms with E-state index in [-0.39, 0.29) is 18.4 Å². The van der Waals surface area contributed by atoms with Crippen LogP contribution in [0.1, 0.15) is 30.5 Å². The Balaban J connectivity index is 2.97. The van der Waals surface area contributed by atoms with Gasteiger partial charge in [-0.25, -0.2) is 0 Å². The van der Waals surface area contributed by atoms with Crippen molar-refractivity contribution in [1.82, 2.24) is 0 Å². The fraction of sp³-hybridized carbons (Fsp3) is 0.455. The number of phenolic OH excluding ortho intramolecular Hbond substituents is 1. The third-order valence-electron chi connectivity index (χ3n) is 2.35. The summed E-state index contributed by atoms with van der Waals surface area (Å²) in [6.45, 7) is 2.11. The number of phenols is 1. The van der Waals surface area contributed by atoms with Gasteiger partial charge in [0.15, 0.2) is 0 Å². The number of aromatic hydroxyl groups is 1. The van der Waals surface area contributed by atoms with Crippen molar-refractivity contribution in [3.63, 3.8) is 0 Å². The van der Waals surface area contributed by atoms with Crippen LogP contribution in [0.15, 0.2) is 18.2 Å². The minimum Gasteiger partial charge on any atom is -0.508 e. The summed E-state index contributed by atoms with van der Waals surface area (Å²) in [5.41, 5.74) is 7.94. The Kier molecular flexibility index (Phi) is 3.92. The second-order valence-corrected chi connectivity index (χ2v) is 3.36. The molecule has 14 heavy (non-hydrogen) atoms. The Morgan fingerprint density at radius 2 is 2.14 bits per heavy atom. The average molecular weight is 195 g/mol. The van der Waals surface area contributed by atoms with E-state index in [4.69, 9.17) is 10.8 Å². The molecule has 0 bridgehead atoms. The van der Waals surface area contributed by atoms with Crippen LogP contribution in [0.4, 0.5) is 0 Å². The molecule has 0 spiro atoms. The van der Waals surface area contributed by atoms with Crippen LogP contribution in [0, 0.1) is 0 Å². The Morgan fingerprint density at radius 3 is 2.71 bits per heavy atom. The van der Waals surface area contributed by atoms with Crippen LogP contribution in [0.25, 0.3) is 0 Å². The normalized spacial score (nSPS) is 12.8. The minimum atomic E-state index is -0.193. The summed E-state index contributed by atoms with van der Waals surface area (Å²) >= 11 is 0. The molecule has 0 saturated heterocycles. The molecule has 1 rings (SSSR count). The highest BCUT2D eigenvalue weighted by Crippen LogP contribution is 2.23. The van der Waals surface area contributed by atoms with Crippen LogP contribution >= 0.6 is 0 Å². The lowest BCUT2D eigenvalue weighted by molar-refractivity contribution is 0.276. The van der Waals surface area contributed by atoms with Crippen LogP contribution in [0.2, 0.25) is 0 Å².